The summed E-state index contributed by atoms with van der Waals surface area (Å²) in [6.45, 7) is 0. The Morgan fingerprint density at radius 3 is 2.63 bits per heavy atom. The Bertz CT molecular complexity index is 653. The van der Waals surface area contributed by atoms with E-state index < -0.39 is 11.9 Å². The van der Waals surface area contributed by atoms with Gasteiger partial charge in [-0.05, 0) is 52.2 Å². The van der Waals surface area contributed by atoms with E-state index in [0.29, 0.717) is 0 Å². The van der Waals surface area contributed by atoms with Crippen LogP contribution in [0.2, 0.25) is 0 Å². The molecule has 0 aliphatic carbocycles. The summed E-state index contributed by atoms with van der Waals surface area (Å²) in [5.74, 6) is -1.80. The van der Waals surface area contributed by atoms with Crippen molar-refractivity contribution in [2.45, 2.75) is 0 Å². The van der Waals surface area contributed by atoms with E-state index in [1.165, 1.54) is 18.2 Å². The first-order valence-electron chi connectivity index (χ1n) is 5.09. The quantitative estimate of drug-likeness (QED) is 0.705. The summed E-state index contributed by atoms with van der Waals surface area (Å²) >= 11 is 3.13. The number of aromatic carboxylic acids is 1. The molecule has 2 rings (SSSR count). The lowest BCUT2D eigenvalue weighted by Crippen LogP contribution is -2.13. The Morgan fingerprint density at radius 1 is 1.21 bits per heavy atom. The molecule has 7 heteroatoms. The summed E-state index contributed by atoms with van der Waals surface area (Å²) in [7, 11) is 0. The van der Waals surface area contributed by atoms with Crippen LogP contribution in [0.4, 0.5) is 5.00 Å². The molecule has 0 spiro atoms. The number of benzene rings is 1. The number of hydrogen-bond acceptors (Lipinski definition) is 4. The van der Waals surface area contributed by atoms with E-state index in [1.807, 2.05) is 22.6 Å². The fourth-order valence-corrected chi connectivity index (χ4v) is 2.70. The fourth-order valence-electron chi connectivity index (χ4n) is 1.44. The van der Waals surface area contributed by atoms with Crippen LogP contribution in [0.25, 0.3) is 0 Å². The first-order valence-corrected chi connectivity index (χ1v) is 7.05. The molecule has 1 heterocycles. The largest absolute Gasteiger partial charge is 0.507 e. The summed E-state index contributed by atoms with van der Waals surface area (Å²) in [4.78, 5) is 22.9. The number of aromatic hydroxyl groups is 1. The van der Waals surface area contributed by atoms with E-state index >= 15 is 0 Å². The van der Waals surface area contributed by atoms with Crippen LogP contribution in [0.5, 0.6) is 5.75 Å². The highest BCUT2D eigenvalue weighted by atomic mass is 127. The lowest BCUT2D eigenvalue weighted by Gasteiger charge is -2.06. The lowest BCUT2D eigenvalue weighted by atomic mass is 10.2. The van der Waals surface area contributed by atoms with Crippen LogP contribution < -0.4 is 5.32 Å². The molecule has 0 aliphatic rings. The van der Waals surface area contributed by atoms with Gasteiger partial charge in [-0.2, -0.15) is 0 Å². The van der Waals surface area contributed by atoms with Crippen LogP contribution in [0.15, 0.2) is 29.6 Å². The van der Waals surface area contributed by atoms with Crippen molar-refractivity contribution in [3.05, 3.63) is 44.3 Å². The summed E-state index contributed by atoms with van der Waals surface area (Å²) in [5, 5.41) is 22.9. The van der Waals surface area contributed by atoms with E-state index in [4.69, 9.17) is 5.11 Å². The van der Waals surface area contributed by atoms with Gasteiger partial charge >= 0.3 is 5.97 Å². The zero-order valence-corrected chi connectivity index (χ0v) is 12.4. The van der Waals surface area contributed by atoms with Gasteiger partial charge in [-0.1, -0.05) is 0 Å². The van der Waals surface area contributed by atoms with Gasteiger partial charge < -0.3 is 15.5 Å². The molecule has 0 atom stereocenters. The van der Waals surface area contributed by atoms with Crippen molar-refractivity contribution in [3.63, 3.8) is 0 Å². The first kappa shape index (κ1) is 13.8. The summed E-state index contributed by atoms with van der Waals surface area (Å²) in [6.07, 6.45) is 0. The van der Waals surface area contributed by atoms with E-state index in [-0.39, 0.29) is 21.9 Å². The van der Waals surface area contributed by atoms with Crippen molar-refractivity contribution in [3.8, 4) is 5.75 Å². The lowest BCUT2D eigenvalue weighted by molar-refractivity contribution is 0.0698. The molecule has 1 amide bonds. The number of halogens is 1. The average Bonchev–Trinajstić information content (AvgIpc) is 2.80. The molecule has 2 aromatic rings. The fraction of sp³-hybridized carbons (Fsp3) is 0. The number of carbonyl (C=O) groups excluding carboxylic acids is 1. The number of nitrogens with one attached hydrogen (secondary N) is 1. The SMILES string of the molecule is O=C(Nc1sccc1C(=O)O)c1cc(I)ccc1O. The predicted molar refractivity (Wildman–Crippen MR) is 80.1 cm³/mol. The van der Waals surface area contributed by atoms with Crippen LogP contribution >= 0.6 is 33.9 Å². The molecule has 0 bridgehead atoms. The van der Waals surface area contributed by atoms with Crippen molar-refractivity contribution < 1.29 is 19.8 Å². The number of phenolic OH excluding ortho intramolecular Hbond substituents is 1. The van der Waals surface area contributed by atoms with Crippen molar-refractivity contribution >= 4 is 50.8 Å². The van der Waals surface area contributed by atoms with Crippen molar-refractivity contribution in [2.75, 3.05) is 5.32 Å². The number of anilines is 1. The second-order valence-electron chi connectivity index (χ2n) is 3.58. The molecule has 3 N–H and O–H groups in total. The van der Waals surface area contributed by atoms with Gasteiger partial charge in [-0.15, -0.1) is 11.3 Å². The third kappa shape index (κ3) is 3.04. The van der Waals surface area contributed by atoms with Gasteiger partial charge in [0.25, 0.3) is 5.91 Å². The van der Waals surface area contributed by atoms with Crippen LogP contribution in [0, 0.1) is 3.57 Å². The number of rotatable bonds is 3. The standard InChI is InChI=1S/C12H8INO4S/c13-6-1-2-9(15)8(5-6)10(16)14-11-7(12(17)18)3-4-19-11/h1-5,15H,(H,14,16)(H,17,18). The van der Waals surface area contributed by atoms with Crippen molar-refractivity contribution in [2.24, 2.45) is 0 Å². The van der Waals surface area contributed by atoms with Crippen LogP contribution in [0.1, 0.15) is 20.7 Å². The van der Waals surface area contributed by atoms with Crippen LogP contribution in [-0.4, -0.2) is 22.1 Å². The van der Waals surface area contributed by atoms with Crippen molar-refractivity contribution in [1.82, 2.24) is 0 Å². The van der Waals surface area contributed by atoms with E-state index in [0.717, 1.165) is 14.9 Å². The van der Waals surface area contributed by atoms with Gasteiger partial charge in [-0.3, -0.25) is 4.79 Å². The Morgan fingerprint density at radius 2 is 1.95 bits per heavy atom. The van der Waals surface area contributed by atoms with E-state index in [2.05, 4.69) is 5.32 Å². The topological polar surface area (TPSA) is 86.6 Å². The molecule has 0 aliphatic heterocycles. The Balaban J connectivity index is 2.28. The van der Waals surface area contributed by atoms with E-state index in [9.17, 15) is 14.7 Å². The molecule has 1 aromatic carbocycles. The van der Waals surface area contributed by atoms with Crippen LogP contribution in [0.3, 0.4) is 0 Å². The Labute approximate surface area is 126 Å². The second-order valence-corrected chi connectivity index (χ2v) is 5.75. The Kier molecular flexibility index (Phi) is 4.05. The number of hydrogen-bond donors (Lipinski definition) is 3. The van der Waals surface area contributed by atoms with Gasteiger partial charge in [0, 0.05) is 3.57 Å². The smallest absolute Gasteiger partial charge is 0.338 e. The first-order chi connectivity index (χ1) is 8.99. The maximum absolute atomic E-state index is 12.0. The van der Waals surface area contributed by atoms with Gasteiger partial charge in [0.05, 0.1) is 11.1 Å². The molecule has 0 fully saturated rings. The molecule has 0 unspecified atom stereocenters. The molecular weight excluding hydrogens is 381 g/mol. The molecule has 1 aromatic heterocycles. The molecular formula is C12H8INO4S. The number of phenols is 1. The minimum Gasteiger partial charge on any atom is -0.507 e. The third-order valence-corrected chi connectivity index (χ3v) is 3.83. The number of carboxylic acids is 1. The van der Waals surface area contributed by atoms with Gasteiger partial charge in [0.2, 0.25) is 0 Å². The number of thiophene rings is 1. The highest BCUT2D eigenvalue weighted by molar-refractivity contribution is 14.1. The highest BCUT2D eigenvalue weighted by Gasteiger charge is 2.17. The monoisotopic (exact) mass is 389 g/mol. The summed E-state index contributed by atoms with van der Waals surface area (Å²) in [5.41, 5.74) is 0.139. The minimum absolute atomic E-state index is 0.0310. The average molecular weight is 389 g/mol. The predicted octanol–water partition coefficient (Wildman–Crippen LogP) is 3.01. The zero-order valence-electron chi connectivity index (χ0n) is 9.38. The molecule has 0 saturated heterocycles. The second kappa shape index (κ2) is 5.57. The summed E-state index contributed by atoms with van der Waals surface area (Å²) in [6, 6.07) is 6.03. The number of amides is 1. The maximum atomic E-state index is 12.0. The normalized spacial score (nSPS) is 10.2. The Hall–Kier alpha value is -1.61. The third-order valence-electron chi connectivity index (χ3n) is 2.33. The molecule has 0 saturated carbocycles. The molecule has 5 nitrogen and oxygen atoms in total. The maximum Gasteiger partial charge on any atom is 0.338 e. The number of carboxylic acid groups (broad SMARTS) is 1. The highest BCUT2D eigenvalue weighted by Crippen LogP contribution is 2.26. The molecule has 98 valence electrons. The zero-order chi connectivity index (χ0) is 14.0. The van der Waals surface area contributed by atoms with Crippen LogP contribution in [-0.2, 0) is 0 Å². The molecule has 19 heavy (non-hydrogen) atoms. The van der Waals surface area contributed by atoms with E-state index in [1.54, 1.807) is 11.4 Å². The number of carbonyl (C=O) groups is 2. The minimum atomic E-state index is -1.11. The van der Waals surface area contributed by atoms with Crippen molar-refractivity contribution in [1.29, 1.82) is 0 Å². The van der Waals surface area contributed by atoms with Gasteiger partial charge in [-0.25, -0.2) is 4.79 Å². The summed E-state index contributed by atoms with van der Waals surface area (Å²) < 4.78 is 0.796. The van der Waals surface area contributed by atoms with Gasteiger partial charge in [0.1, 0.15) is 10.8 Å². The van der Waals surface area contributed by atoms with Gasteiger partial charge in [0.15, 0.2) is 0 Å². The molecule has 0 radical (unpaired) electrons.